The van der Waals surface area contributed by atoms with Gasteiger partial charge in [-0.15, -0.1) is 0 Å². The molecular weight excluding hydrogens is 222 g/mol. The predicted molar refractivity (Wildman–Crippen MR) is 60.4 cm³/mol. The van der Waals surface area contributed by atoms with E-state index in [1.54, 1.807) is 12.1 Å². The fourth-order valence-electron chi connectivity index (χ4n) is 1.97. The average Bonchev–Trinajstić information content (AvgIpc) is 2.37. The fourth-order valence-corrected chi connectivity index (χ4v) is 1.97. The van der Waals surface area contributed by atoms with Crippen LogP contribution in [0.2, 0.25) is 0 Å². The summed E-state index contributed by atoms with van der Waals surface area (Å²) in [6.07, 6.45) is 0.703. The fraction of sp³-hybridized carbons (Fsp3) is 0.333. The first-order valence-electron chi connectivity index (χ1n) is 5.25. The molecule has 1 heterocycles. The van der Waals surface area contributed by atoms with Gasteiger partial charge in [0, 0.05) is 6.54 Å². The number of benzene rings is 1. The van der Waals surface area contributed by atoms with Gasteiger partial charge in [0.05, 0.1) is 19.8 Å². The van der Waals surface area contributed by atoms with E-state index >= 15 is 0 Å². The molecule has 1 aromatic carbocycles. The lowest BCUT2D eigenvalue weighted by atomic mass is 9.94. The summed E-state index contributed by atoms with van der Waals surface area (Å²) in [6.45, 7) is 0.582. The molecular formula is C12H13NO4. The van der Waals surface area contributed by atoms with Gasteiger partial charge in [-0.2, -0.15) is 0 Å². The van der Waals surface area contributed by atoms with E-state index in [1.807, 2.05) is 0 Å². The second-order valence-electron chi connectivity index (χ2n) is 3.67. The first kappa shape index (κ1) is 11.4. The first-order valence-corrected chi connectivity index (χ1v) is 5.25. The number of hydrogen-bond donors (Lipinski definition) is 1. The Balaban J connectivity index is 2.67. The second-order valence-corrected chi connectivity index (χ2v) is 3.67. The molecule has 90 valence electrons. The van der Waals surface area contributed by atoms with Gasteiger partial charge in [-0.05, 0) is 18.1 Å². The molecule has 0 unspecified atom stereocenters. The largest absolute Gasteiger partial charge is 0.496 e. The summed E-state index contributed by atoms with van der Waals surface area (Å²) in [6, 6.07) is 3.49. The summed E-state index contributed by atoms with van der Waals surface area (Å²) in [4.78, 5) is 23.5. The van der Waals surface area contributed by atoms with Crippen molar-refractivity contribution >= 4 is 11.9 Å². The van der Waals surface area contributed by atoms with Crippen LogP contribution in [0.3, 0.4) is 0 Å². The molecule has 1 aliphatic rings. The van der Waals surface area contributed by atoms with Crippen LogP contribution < -0.4 is 10.1 Å². The maximum Gasteiger partial charge on any atom is 0.342 e. The van der Waals surface area contributed by atoms with Crippen molar-refractivity contribution in [3.8, 4) is 5.75 Å². The van der Waals surface area contributed by atoms with Crippen molar-refractivity contribution < 1.29 is 19.1 Å². The minimum atomic E-state index is -0.559. The molecule has 0 atom stereocenters. The SMILES string of the molecule is COC(=O)c1c(OC)ccc2c1C(=O)NCC2. The topological polar surface area (TPSA) is 64.6 Å². The van der Waals surface area contributed by atoms with Crippen LogP contribution in [-0.2, 0) is 11.2 Å². The summed E-state index contributed by atoms with van der Waals surface area (Å²) in [5, 5.41) is 2.71. The van der Waals surface area contributed by atoms with E-state index in [4.69, 9.17) is 9.47 Å². The van der Waals surface area contributed by atoms with Crippen molar-refractivity contribution in [1.29, 1.82) is 0 Å². The third-order valence-electron chi connectivity index (χ3n) is 2.77. The van der Waals surface area contributed by atoms with E-state index in [-0.39, 0.29) is 11.5 Å². The van der Waals surface area contributed by atoms with Crippen molar-refractivity contribution in [2.45, 2.75) is 6.42 Å². The lowest BCUT2D eigenvalue weighted by Crippen LogP contribution is -2.33. The molecule has 0 aliphatic carbocycles. The number of esters is 1. The molecule has 5 nitrogen and oxygen atoms in total. The normalized spacial score (nSPS) is 13.6. The van der Waals surface area contributed by atoms with Gasteiger partial charge in [0.15, 0.2) is 0 Å². The van der Waals surface area contributed by atoms with Gasteiger partial charge in [-0.25, -0.2) is 4.79 Å². The average molecular weight is 235 g/mol. The first-order chi connectivity index (χ1) is 8.19. The third kappa shape index (κ3) is 1.84. The molecule has 5 heteroatoms. The lowest BCUT2D eigenvalue weighted by molar-refractivity contribution is 0.0592. The molecule has 0 fully saturated rings. The molecule has 0 spiro atoms. The van der Waals surface area contributed by atoms with Gasteiger partial charge in [0.2, 0.25) is 0 Å². The molecule has 1 amide bonds. The van der Waals surface area contributed by atoms with Gasteiger partial charge in [0.25, 0.3) is 5.91 Å². The Labute approximate surface area is 98.7 Å². The zero-order valence-corrected chi connectivity index (χ0v) is 9.70. The molecule has 0 bridgehead atoms. The molecule has 2 rings (SSSR count). The molecule has 1 aromatic rings. The minimum absolute atomic E-state index is 0.199. The monoisotopic (exact) mass is 235 g/mol. The molecule has 1 N–H and O–H groups in total. The number of ether oxygens (including phenoxy) is 2. The van der Waals surface area contributed by atoms with E-state index in [1.165, 1.54) is 14.2 Å². The molecule has 0 aromatic heterocycles. The zero-order valence-electron chi connectivity index (χ0n) is 9.70. The summed E-state index contributed by atoms with van der Waals surface area (Å²) >= 11 is 0. The maximum atomic E-state index is 11.8. The quantitative estimate of drug-likeness (QED) is 0.769. The highest BCUT2D eigenvalue weighted by molar-refractivity contribution is 6.08. The summed E-state index contributed by atoms with van der Waals surface area (Å²) < 4.78 is 9.80. The van der Waals surface area contributed by atoms with Gasteiger partial charge >= 0.3 is 5.97 Å². The Morgan fingerprint density at radius 2 is 2.12 bits per heavy atom. The summed E-state index contributed by atoms with van der Waals surface area (Å²) in [7, 11) is 2.73. The Bertz CT molecular complexity index is 482. The van der Waals surface area contributed by atoms with Crippen LogP contribution in [0.4, 0.5) is 0 Å². The van der Waals surface area contributed by atoms with Gasteiger partial charge in [-0.1, -0.05) is 6.07 Å². The Hall–Kier alpha value is -2.04. The Morgan fingerprint density at radius 1 is 1.35 bits per heavy atom. The maximum absolute atomic E-state index is 11.8. The van der Waals surface area contributed by atoms with Crippen LogP contribution in [0.5, 0.6) is 5.75 Å². The Morgan fingerprint density at radius 3 is 2.76 bits per heavy atom. The van der Waals surface area contributed by atoms with Crippen molar-refractivity contribution in [3.05, 3.63) is 28.8 Å². The van der Waals surface area contributed by atoms with E-state index in [0.29, 0.717) is 24.3 Å². The van der Waals surface area contributed by atoms with Crippen molar-refractivity contribution in [3.63, 3.8) is 0 Å². The van der Waals surface area contributed by atoms with Crippen LogP contribution in [0.15, 0.2) is 12.1 Å². The van der Waals surface area contributed by atoms with E-state index in [2.05, 4.69) is 5.32 Å². The molecule has 1 aliphatic heterocycles. The minimum Gasteiger partial charge on any atom is -0.496 e. The number of nitrogens with one attached hydrogen (secondary N) is 1. The molecule has 17 heavy (non-hydrogen) atoms. The highest BCUT2D eigenvalue weighted by Crippen LogP contribution is 2.28. The number of carbonyl (C=O) groups is 2. The van der Waals surface area contributed by atoms with Crippen LogP contribution in [-0.4, -0.2) is 32.6 Å². The molecule has 0 saturated heterocycles. The highest BCUT2D eigenvalue weighted by atomic mass is 16.5. The predicted octanol–water partition coefficient (Wildman–Crippen LogP) is 0.768. The van der Waals surface area contributed by atoms with Crippen LogP contribution in [0.1, 0.15) is 26.3 Å². The number of hydrogen-bond acceptors (Lipinski definition) is 4. The lowest BCUT2D eigenvalue weighted by Gasteiger charge is -2.20. The van der Waals surface area contributed by atoms with Crippen molar-refractivity contribution in [2.75, 3.05) is 20.8 Å². The number of methoxy groups -OCH3 is 2. The molecule has 0 saturated carbocycles. The number of amides is 1. The number of rotatable bonds is 2. The summed E-state index contributed by atoms with van der Waals surface area (Å²) in [5.41, 5.74) is 1.40. The molecule has 0 radical (unpaired) electrons. The van der Waals surface area contributed by atoms with Gasteiger partial charge < -0.3 is 14.8 Å². The number of fused-ring (bicyclic) bond motifs is 1. The zero-order chi connectivity index (χ0) is 12.4. The van der Waals surface area contributed by atoms with E-state index in [0.717, 1.165) is 5.56 Å². The van der Waals surface area contributed by atoms with Gasteiger partial charge in [0.1, 0.15) is 11.3 Å². The van der Waals surface area contributed by atoms with Crippen LogP contribution in [0, 0.1) is 0 Å². The highest BCUT2D eigenvalue weighted by Gasteiger charge is 2.27. The standard InChI is InChI=1S/C12H13NO4/c1-16-8-4-3-7-5-6-13-11(14)9(7)10(8)12(15)17-2/h3-4H,5-6H2,1-2H3,(H,13,14). The second kappa shape index (κ2) is 4.45. The Kier molecular flexibility index (Phi) is 2.99. The van der Waals surface area contributed by atoms with E-state index < -0.39 is 5.97 Å². The third-order valence-corrected chi connectivity index (χ3v) is 2.77. The van der Waals surface area contributed by atoms with Crippen LogP contribution >= 0.6 is 0 Å². The number of carbonyl (C=O) groups excluding carboxylic acids is 2. The van der Waals surface area contributed by atoms with Crippen molar-refractivity contribution in [1.82, 2.24) is 5.32 Å². The van der Waals surface area contributed by atoms with E-state index in [9.17, 15) is 9.59 Å². The van der Waals surface area contributed by atoms with Gasteiger partial charge in [-0.3, -0.25) is 4.79 Å². The van der Waals surface area contributed by atoms with Crippen LogP contribution in [0.25, 0.3) is 0 Å². The smallest absolute Gasteiger partial charge is 0.342 e. The van der Waals surface area contributed by atoms with Crippen molar-refractivity contribution in [2.24, 2.45) is 0 Å². The summed E-state index contributed by atoms with van der Waals surface area (Å²) in [5.74, 6) is -0.464.